The van der Waals surface area contributed by atoms with E-state index in [9.17, 15) is 28.4 Å². The fraction of sp³-hybridized carbons (Fsp3) is 0.429. The van der Waals surface area contributed by atoms with Crippen LogP contribution < -0.4 is 24.4 Å². The number of pyridine rings is 1. The van der Waals surface area contributed by atoms with E-state index >= 15 is 0 Å². The summed E-state index contributed by atoms with van der Waals surface area (Å²) in [5, 5.41) is 26.5. The molecule has 2 aromatic heterocycles. The number of rotatable bonds is 16. The maximum atomic E-state index is 14.1. The Hall–Kier alpha value is -6.53. The van der Waals surface area contributed by atoms with Crippen molar-refractivity contribution >= 4 is 44.0 Å². The largest absolute Gasteiger partial charge is 0.496 e. The van der Waals surface area contributed by atoms with Gasteiger partial charge in [0, 0.05) is 92.7 Å². The molecule has 2 saturated carbocycles. The van der Waals surface area contributed by atoms with Crippen LogP contribution in [0.3, 0.4) is 0 Å². The molecule has 0 bridgehead atoms. The van der Waals surface area contributed by atoms with Gasteiger partial charge in [0.2, 0.25) is 0 Å². The summed E-state index contributed by atoms with van der Waals surface area (Å²) in [5.41, 5.74) is 5.81. The molecular weight excluding hydrogens is 945 g/mol. The average Bonchev–Trinajstić information content (AvgIpc) is 3.82. The Morgan fingerprint density at radius 2 is 1.77 bits per heavy atom. The van der Waals surface area contributed by atoms with Crippen molar-refractivity contribution in [3.63, 3.8) is 0 Å². The number of carbonyl (C=O) groups excluding carboxylic acids is 1. The zero-order chi connectivity index (χ0) is 51.2. The summed E-state index contributed by atoms with van der Waals surface area (Å²) in [4.78, 5) is 40.4. The molecule has 384 valence electrons. The summed E-state index contributed by atoms with van der Waals surface area (Å²) >= 11 is 0. The van der Waals surface area contributed by atoms with Crippen molar-refractivity contribution in [3.05, 3.63) is 141 Å². The van der Waals surface area contributed by atoms with E-state index in [2.05, 4.69) is 97.9 Å². The van der Waals surface area contributed by atoms with Crippen LogP contribution in [0.5, 0.6) is 17.2 Å². The molecule has 16 nitrogen and oxygen atoms in total. The molecule has 4 fully saturated rings. The Morgan fingerprint density at radius 1 is 0.986 bits per heavy atom. The van der Waals surface area contributed by atoms with Gasteiger partial charge in [0.1, 0.15) is 28.6 Å². The van der Waals surface area contributed by atoms with Gasteiger partial charge in [-0.1, -0.05) is 50.2 Å². The normalized spacial score (nSPS) is 21.4. The quantitative estimate of drug-likeness (QED) is 0.0529. The minimum absolute atomic E-state index is 0.0342. The molecule has 17 heteroatoms. The van der Waals surface area contributed by atoms with E-state index in [1.54, 1.807) is 31.5 Å². The third-order valence-corrected chi connectivity index (χ3v) is 17.2. The Bertz CT molecular complexity index is 3130. The molecule has 1 atom stereocenters. The number of sulfonamides is 1. The number of nitro benzene ring substituents is 1. The average molecular weight is 1010 g/mol. The van der Waals surface area contributed by atoms with E-state index in [0.717, 1.165) is 93.4 Å². The van der Waals surface area contributed by atoms with Crippen molar-refractivity contribution < 1.29 is 32.7 Å². The second-order valence-electron chi connectivity index (χ2n) is 21.6. The van der Waals surface area contributed by atoms with Gasteiger partial charge in [-0.2, -0.15) is 0 Å². The lowest BCUT2D eigenvalue weighted by Crippen LogP contribution is -2.68. The van der Waals surface area contributed by atoms with E-state index in [0.29, 0.717) is 42.7 Å². The SMILES string of the molecule is COc1cc(CN2CCN(C3CC4(C3)CN(c3ccc(C(=O)NS(=O)(=O)c5ccc(NCC6CCC(C)(O)CC6)c([N+](=O)[O-])c5)c(Oc5cnc6[nH]ccc6c5)c3)C4)[C@H](c3ccccc3C(C)C)C2)ccc1C. The van der Waals surface area contributed by atoms with E-state index in [4.69, 9.17) is 9.47 Å². The third-order valence-electron chi connectivity index (χ3n) is 15.9. The van der Waals surface area contributed by atoms with E-state index in [1.807, 2.05) is 19.1 Å². The van der Waals surface area contributed by atoms with Gasteiger partial charge < -0.3 is 29.8 Å². The number of nitro groups is 1. The van der Waals surface area contributed by atoms with Crippen LogP contribution in [0.25, 0.3) is 11.0 Å². The molecule has 0 unspecified atom stereocenters. The molecule has 10 rings (SSSR count). The summed E-state index contributed by atoms with van der Waals surface area (Å²) in [6, 6.07) is 28.5. The number of aliphatic hydroxyl groups is 1. The first-order valence-corrected chi connectivity index (χ1v) is 27.0. The van der Waals surface area contributed by atoms with Crippen LogP contribution in [-0.4, -0.2) is 102 Å². The van der Waals surface area contributed by atoms with Crippen LogP contribution in [0.15, 0.2) is 108 Å². The van der Waals surface area contributed by atoms with E-state index in [-0.39, 0.29) is 34.4 Å². The first-order chi connectivity index (χ1) is 34.9. The second-order valence-corrected chi connectivity index (χ2v) is 23.2. The minimum Gasteiger partial charge on any atom is -0.496 e. The van der Waals surface area contributed by atoms with Gasteiger partial charge in [-0.3, -0.25) is 24.7 Å². The number of benzene rings is 4. The lowest BCUT2D eigenvalue weighted by atomic mass is 9.59. The summed E-state index contributed by atoms with van der Waals surface area (Å²) in [6.07, 6.45) is 8.23. The van der Waals surface area contributed by atoms with Crippen LogP contribution in [0.4, 0.5) is 17.1 Å². The molecule has 4 N–H and O–H groups in total. The van der Waals surface area contributed by atoms with Gasteiger partial charge in [-0.15, -0.1) is 0 Å². The van der Waals surface area contributed by atoms with Gasteiger partial charge in [-0.05, 0) is 129 Å². The van der Waals surface area contributed by atoms with Crippen LogP contribution in [0.1, 0.15) is 104 Å². The van der Waals surface area contributed by atoms with Crippen LogP contribution >= 0.6 is 0 Å². The van der Waals surface area contributed by atoms with Gasteiger partial charge in [0.05, 0.1) is 34.3 Å². The molecule has 2 saturated heterocycles. The number of methoxy groups -OCH3 is 1. The van der Waals surface area contributed by atoms with Crippen molar-refractivity contribution in [2.24, 2.45) is 11.3 Å². The number of aryl methyl sites for hydroxylation is 1. The Labute approximate surface area is 427 Å². The predicted octanol–water partition coefficient (Wildman–Crippen LogP) is 9.70. The fourth-order valence-electron chi connectivity index (χ4n) is 11.7. The first kappa shape index (κ1) is 50.0. The highest BCUT2D eigenvalue weighted by Crippen LogP contribution is 2.54. The second kappa shape index (κ2) is 20.1. The molecule has 2 aliphatic heterocycles. The number of nitrogens with one attached hydrogen (secondary N) is 3. The van der Waals surface area contributed by atoms with Crippen molar-refractivity contribution in [2.45, 2.75) is 101 Å². The molecule has 0 radical (unpaired) electrons. The highest BCUT2D eigenvalue weighted by molar-refractivity contribution is 7.90. The molecular formula is C56H66N8O8S. The highest BCUT2D eigenvalue weighted by atomic mass is 32.2. The number of fused-ring (bicyclic) bond motifs is 1. The minimum atomic E-state index is -4.59. The van der Waals surface area contributed by atoms with Crippen molar-refractivity contribution in [3.8, 4) is 17.2 Å². The van der Waals surface area contributed by atoms with Gasteiger partial charge in [0.15, 0.2) is 0 Å². The molecule has 1 spiro atoms. The molecule has 1 amide bonds. The molecule has 73 heavy (non-hydrogen) atoms. The maximum absolute atomic E-state index is 14.1. The number of aromatic nitrogens is 2. The topological polar surface area (TPSA) is 195 Å². The lowest BCUT2D eigenvalue weighted by Gasteiger charge is -2.63. The summed E-state index contributed by atoms with van der Waals surface area (Å²) < 4.78 is 41.9. The molecule has 4 heterocycles. The zero-order valence-electron chi connectivity index (χ0n) is 42.3. The van der Waals surface area contributed by atoms with E-state index < -0.39 is 37.0 Å². The number of ether oxygens (including phenoxy) is 2. The number of piperazine rings is 1. The van der Waals surface area contributed by atoms with E-state index in [1.165, 1.54) is 35.0 Å². The predicted molar refractivity (Wildman–Crippen MR) is 282 cm³/mol. The lowest BCUT2D eigenvalue weighted by molar-refractivity contribution is -0.384. The standard InChI is InChI=1S/C56H66N8O8S/c1-36(2)45-8-6-7-9-46(45)50-33-61(32-39-11-10-37(3)51(24-39)71-5)22-23-63(50)42-28-56(29-42)34-62(35-56)41-12-14-47(52(26-41)72-43-25-40-18-21-57-53(40)59-31-43)54(65)60-73(69,70)44-13-15-48(49(27-44)64(67)68)58-30-38-16-19-55(4,66)20-17-38/h6-15,18,21,24-27,31,36,38,42,50,58,66H,16-17,19-20,22-23,28-30,32-35H2,1-5H3,(H,57,59)(H,60,65)/t38?,50-,55?/m0/s1. The number of nitrogens with zero attached hydrogens (tertiary/aromatic N) is 5. The zero-order valence-corrected chi connectivity index (χ0v) is 43.1. The van der Waals surface area contributed by atoms with Crippen molar-refractivity contribution in [1.82, 2.24) is 24.5 Å². The number of amides is 1. The van der Waals surface area contributed by atoms with Crippen molar-refractivity contribution in [2.75, 3.05) is 56.6 Å². The number of aromatic amines is 1. The Balaban J connectivity index is 0.841. The smallest absolute Gasteiger partial charge is 0.293 e. The van der Waals surface area contributed by atoms with Crippen molar-refractivity contribution in [1.29, 1.82) is 0 Å². The first-order valence-electron chi connectivity index (χ1n) is 25.5. The Kier molecular flexibility index (Phi) is 13.7. The summed E-state index contributed by atoms with van der Waals surface area (Å²) in [6.45, 7) is 14.3. The molecule has 4 aliphatic rings. The summed E-state index contributed by atoms with van der Waals surface area (Å²) in [5.74, 6) is 1.05. The number of H-pyrrole nitrogens is 1. The molecule has 4 aromatic carbocycles. The van der Waals surface area contributed by atoms with Gasteiger partial charge in [-0.25, -0.2) is 18.1 Å². The number of carbonyl (C=O) groups is 1. The summed E-state index contributed by atoms with van der Waals surface area (Å²) in [7, 11) is -2.86. The van der Waals surface area contributed by atoms with Crippen LogP contribution in [-0.2, 0) is 16.6 Å². The van der Waals surface area contributed by atoms with Gasteiger partial charge in [0.25, 0.3) is 21.6 Å². The monoisotopic (exact) mass is 1010 g/mol. The fourth-order valence-corrected chi connectivity index (χ4v) is 12.7. The maximum Gasteiger partial charge on any atom is 0.293 e. The van der Waals surface area contributed by atoms with Crippen LogP contribution in [0, 0.1) is 28.4 Å². The molecule has 6 aromatic rings. The van der Waals surface area contributed by atoms with Gasteiger partial charge >= 0.3 is 0 Å². The number of hydrogen-bond acceptors (Lipinski definition) is 13. The number of hydrogen-bond donors (Lipinski definition) is 4. The highest BCUT2D eigenvalue weighted by Gasteiger charge is 2.55. The molecule has 2 aliphatic carbocycles. The van der Waals surface area contributed by atoms with Crippen LogP contribution in [0.2, 0.25) is 0 Å². The third kappa shape index (κ3) is 10.6. The number of anilines is 2. The Morgan fingerprint density at radius 3 is 2.52 bits per heavy atom.